The van der Waals surface area contributed by atoms with Gasteiger partial charge in [-0.05, 0) is 36.4 Å². The Balaban J connectivity index is 2.74. The van der Waals surface area contributed by atoms with Crippen LogP contribution in [-0.4, -0.2) is 19.7 Å². The van der Waals surface area contributed by atoms with Gasteiger partial charge in [-0.1, -0.05) is 20.8 Å². The van der Waals surface area contributed by atoms with Crippen molar-refractivity contribution >= 4 is 28.4 Å². The summed E-state index contributed by atoms with van der Waals surface area (Å²) in [5.74, 6) is 1.19. The average molecular weight is 385 g/mol. The summed E-state index contributed by atoms with van der Waals surface area (Å²) in [7, 11) is 1.92. The third kappa shape index (κ3) is 2.53. The van der Waals surface area contributed by atoms with Gasteiger partial charge >= 0.3 is 0 Å². The van der Waals surface area contributed by atoms with E-state index in [4.69, 9.17) is 10.7 Å². The van der Waals surface area contributed by atoms with Gasteiger partial charge in [0.15, 0.2) is 5.82 Å². The van der Waals surface area contributed by atoms with Gasteiger partial charge in [-0.2, -0.15) is 5.10 Å². The van der Waals surface area contributed by atoms with Gasteiger partial charge in [0.1, 0.15) is 5.82 Å². The molecular formula is C14H20IN5. The standard InChI is InChI=1S/C14H20IN5/c1-7-9(8(2)20(6)19-7)13-17-11(14(3,4)5)10(15)12(16)18-13/h1-6H3,(H2,16,17,18). The van der Waals surface area contributed by atoms with Crippen LogP contribution in [0, 0.1) is 17.4 Å². The molecule has 0 atom stereocenters. The Morgan fingerprint density at radius 2 is 1.75 bits per heavy atom. The van der Waals surface area contributed by atoms with Crippen molar-refractivity contribution in [1.29, 1.82) is 0 Å². The predicted molar refractivity (Wildman–Crippen MR) is 89.5 cm³/mol. The molecule has 0 aliphatic rings. The van der Waals surface area contributed by atoms with E-state index in [1.54, 1.807) is 0 Å². The first-order chi connectivity index (χ1) is 9.12. The number of nitrogen functional groups attached to an aromatic ring is 1. The molecular weight excluding hydrogens is 365 g/mol. The maximum atomic E-state index is 6.08. The first kappa shape index (κ1) is 15.2. The monoisotopic (exact) mass is 385 g/mol. The lowest BCUT2D eigenvalue weighted by Crippen LogP contribution is -2.18. The molecule has 2 aromatic heterocycles. The van der Waals surface area contributed by atoms with E-state index in [0.29, 0.717) is 11.6 Å². The molecule has 0 spiro atoms. The van der Waals surface area contributed by atoms with E-state index in [0.717, 1.165) is 26.2 Å². The smallest absolute Gasteiger partial charge is 0.165 e. The molecule has 5 nitrogen and oxygen atoms in total. The molecule has 6 heteroatoms. The lowest BCUT2D eigenvalue weighted by molar-refractivity contribution is 0.564. The summed E-state index contributed by atoms with van der Waals surface area (Å²) in [4.78, 5) is 9.22. The van der Waals surface area contributed by atoms with Crippen molar-refractivity contribution in [3.05, 3.63) is 20.7 Å². The fourth-order valence-corrected chi connectivity index (χ4v) is 3.22. The molecule has 0 bridgehead atoms. The number of aromatic nitrogens is 4. The lowest BCUT2D eigenvalue weighted by Gasteiger charge is -2.21. The summed E-state index contributed by atoms with van der Waals surface area (Å²) in [5, 5.41) is 4.42. The topological polar surface area (TPSA) is 69.6 Å². The number of halogens is 1. The minimum Gasteiger partial charge on any atom is -0.383 e. The highest BCUT2D eigenvalue weighted by Crippen LogP contribution is 2.32. The molecule has 0 unspecified atom stereocenters. The van der Waals surface area contributed by atoms with Crippen LogP contribution in [0.25, 0.3) is 11.4 Å². The molecule has 20 heavy (non-hydrogen) atoms. The van der Waals surface area contributed by atoms with Crippen molar-refractivity contribution in [3.8, 4) is 11.4 Å². The minimum absolute atomic E-state index is 0.0770. The molecule has 0 fully saturated rings. The molecule has 2 aromatic rings. The molecule has 0 aromatic carbocycles. The Morgan fingerprint density at radius 1 is 1.15 bits per heavy atom. The molecule has 2 rings (SSSR count). The first-order valence-corrected chi connectivity index (χ1v) is 7.55. The van der Waals surface area contributed by atoms with E-state index in [-0.39, 0.29) is 5.41 Å². The van der Waals surface area contributed by atoms with Gasteiger partial charge in [-0.3, -0.25) is 4.68 Å². The largest absolute Gasteiger partial charge is 0.383 e. The quantitative estimate of drug-likeness (QED) is 0.767. The van der Waals surface area contributed by atoms with Crippen LogP contribution in [0.5, 0.6) is 0 Å². The summed E-state index contributed by atoms with van der Waals surface area (Å²) < 4.78 is 2.77. The van der Waals surface area contributed by atoms with Crippen molar-refractivity contribution in [2.24, 2.45) is 7.05 Å². The molecule has 0 amide bonds. The number of anilines is 1. The Morgan fingerprint density at radius 3 is 2.20 bits per heavy atom. The summed E-state index contributed by atoms with van der Waals surface area (Å²) in [6.07, 6.45) is 0. The summed E-state index contributed by atoms with van der Waals surface area (Å²) in [6.45, 7) is 10.4. The highest BCUT2D eigenvalue weighted by atomic mass is 127. The van der Waals surface area contributed by atoms with Crippen LogP contribution >= 0.6 is 22.6 Å². The van der Waals surface area contributed by atoms with E-state index in [1.807, 2.05) is 25.6 Å². The van der Waals surface area contributed by atoms with Gasteiger partial charge in [-0.25, -0.2) is 9.97 Å². The molecule has 0 aliphatic carbocycles. The van der Waals surface area contributed by atoms with E-state index < -0.39 is 0 Å². The van der Waals surface area contributed by atoms with Crippen molar-refractivity contribution in [1.82, 2.24) is 19.7 Å². The number of aryl methyl sites for hydroxylation is 2. The average Bonchev–Trinajstić information content (AvgIpc) is 2.55. The van der Waals surface area contributed by atoms with Crippen molar-refractivity contribution in [3.63, 3.8) is 0 Å². The van der Waals surface area contributed by atoms with Gasteiger partial charge < -0.3 is 5.73 Å². The van der Waals surface area contributed by atoms with Gasteiger partial charge in [0.2, 0.25) is 0 Å². The Bertz CT molecular complexity index is 667. The Hall–Kier alpha value is -1.18. The maximum absolute atomic E-state index is 6.08. The maximum Gasteiger partial charge on any atom is 0.165 e. The van der Waals surface area contributed by atoms with Crippen molar-refractivity contribution < 1.29 is 0 Å². The van der Waals surface area contributed by atoms with Gasteiger partial charge in [0.05, 0.1) is 20.5 Å². The number of nitrogens with zero attached hydrogens (tertiary/aromatic N) is 4. The van der Waals surface area contributed by atoms with Crippen LogP contribution in [0.2, 0.25) is 0 Å². The first-order valence-electron chi connectivity index (χ1n) is 6.47. The van der Waals surface area contributed by atoms with E-state index in [1.165, 1.54) is 0 Å². The SMILES string of the molecule is Cc1nn(C)c(C)c1-c1nc(N)c(I)c(C(C)(C)C)n1. The number of hydrogen-bond donors (Lipinski definition) is 1. The molecule has 2 N–H and O–H groups in total. The lowest BCUT2D eigenvalue weighted by atomic mass is 9.91. The second-order valence-corrected chi connectivity index (χ2v) is 7.09. The fourth-order valence-electron chi connectivity index (χ4n) is 2.17. The number of rotatable bonds is 1. The Labute approximate surface area is 133 Å². The second kappa shape index (κ2) is 4.98. The highest BCUT2D eigenvalue weighted by Gasteiger charge is 2.24. The molecule has 0 saturated heterocycles. The van der Waals surface area contributed by atoms with Crippen molar-refractivity contribution in [2.75, 3.05) is 5.73 Å². The van der Waals surface area contributed by atoms with E-state index in [2.05, 4.69) is 53.4 Å². The van der Waals surface area contributed by atoms with Gasteiger partial charge in [0.25, 0.3) is 0 Å². The van der Waals surface area contributed by atoms with E-state index >= 15 is 0 Å². The number of nitrogens with two attached hydrogens (primary N) is 1. The third-order valence-electron chi connectivity index (χ3n) is 3.32. The van der Waals surface area contributed by atoms with Crippen LogP contribution in [0.3, 0.4) is 0 Å². The van der Waals surface area contributed by atoms with Crippen LogP contribution in [-0.2, 0) is 12.5 Å². The van der Waals surface area contributed by atoms with Crippen LogP contribution < -0.4 is 5.73 Å². The summed E-state index contributed by atoms with van der Waals surface area (Å²) in [6, 6.07) is 0. The normalized spacial score (nSPS) is 11.9. The summed E-state index contributed by atoms with van der Waals surface area (Å²) >= 11 is 2.22. The molecule has 0 radical (unpaired) electrons. The third-order valence-corrected chi connectivity index (χ3v) is 4.38. The molecule has 2 heterocycles. The van der Waals surface area contributed by atoms with Gasteiger partial charge in [0, 0.05) is 18.2 Å². The fraction of sp³-hybridized carbons (Fsp3) is 0.500. The van der Waals surface area contributed by atoms with Crippen LogP contribution in [0.1, 0.15) is 37.9 Å². The molecule has 0 aliphatic heterocycles. The van der Waals surface area contributed by atoms with Crippen LogP contribution in [0.15, 0.2) is 0 Å². The highest BCUT2D eigenvalue weighted by molar-refractivity contribution is 14.1. The predicted octanol–water partition coefficient (Wildman–Crippen LogP) is 2.98. The summed E-state index contributed by atoms with van der Waals surface area (Å²) in [5.41, 5.74) is 9.91. The number of hydrogen-bond acceptors (Lipinski definition) is 4. The minimum atomic E-state index is -0.0770. The second-order valence-electron chi connectivity index (χ2n) is 6.01. The van der Waals surface area contributed by atoms with Crippen LogP contribution in [0.4, 0.5) is 5.82 Å². The Kier molecular flexibility index (Phi) is 3.79. The van der Waals surface area contributed by atoms with Gasteiger partial charge in [-0.15, -0.1) is 0 Å². The molecule has 108 valence electrons. The zero-order valence-electron chi connectivity index (χ0n) is 12.7. The van der Waals surface area contributed by atoms with E-state index in [9.17, 15) is 0 Å². The molecule has 0 saturated carbocycles. The zero-order chi connectivity index (χ0) is 15.2. The van der Waals surface area contributed by atoms with Crippen molar-refractivity contribution in [2.45, 2.75) is 40.0 Å². The zero-order valence-corrected chi connectivity index (χ0v) is 14.9.